The Labute approximate surface area is 101 Å². The number of rotatable bonds is 6. The van der Waals surface area contributed by atoms with Crippen LogP contribution in [0, 0.1) is 0 Å². The maximum absolute atomic E-state index is 12.0. The molecular formula is C12H18N2O3. The standard InChI is InChI=1S/C12H18N2O3/c1-3-4-7-13(2)12(17)10-6-5-8-14(10)9-11(15)16/h5-6,8H,3-4,7,9H2,1-2H3,(H,15,16). The molecule has 1 aromatic heterocycles. The highest BCUT2D eigenvalue weighted by Crippen LogP contribution is 2.06. The van der Waals surface area contributed by atoms with E-state index in [0.717, 1.165) is 12.8 Å². The zero-order chi connectivity index (χ0) is 12.8. The van der Waals surface area contributed by atoms with Crippen LogP contribution in [0.3, 0.4) is 0 Å². The van der Waals surface area contributed by atoms with Crippen LogP contribution in [0.2, 0.25) is 0 Å². The average Bonchev–Trinajstić information content (AvgIpc) is 2.71. The second-order valence-electron chi connectivity index (χ2n) is 4.00. The minimum atomic E-state index is -0.952. The number of hydrogen-bond donors (Lipinski definition) is 1. The summed E-state index contributed by atoms with van der Waals surface area (Å²) < 4.78 is 1.45. The van der Waals surface area contributed by atoms with Gasteiger partial charge in [-0.15, -0.1) is 0 Å². The Kier molecular flexibility index (Phi) is 4.75. The Bertz CT molecular complexity index is 398. The second kappa shape index (κ2) is 6.08. The van der Waals surface area contributed by atoms with Crippen molar-refractivity contribution in [3.05, 3.63) is 24.0 Å². The van der Waals surface area contributed by atoms with Gasteiger partial charge in [0.05, 0.1) is 0 Å². The first-order chi connectivity index (χ1) is 8.06. The van der Waals surface area contributed by atoms with Crippen LogP contribution in [0.25, 0.3) is 0 Å². The Morgan fingerprint density at radius 3 is 2.76 bits per heavy atom. The molecule has 0 aromatic carbocycles. The summed E-state index contributed by atoms with van der Waals surface area (Å²) >= 11 is 0. The topological polar surface area (TPSA) is 62.5 Å². The van der Waals surface area contributed by atoms with Crippen LogP contribution >= 0.6 is 0 Å². The van der Waals surface area contributed by atoms with Crippen molar-refractivity contribution in [1.82, 2.24) is 9.47 Å². The maximum Gasteiger partial charge on any atom is 0.323 e. The van der Waals surface area contributed by atoms with Crippen LogP contribution in [0.15, 0.2) is 18.3 Å². The number of carboxylic acids is 1. The molecule has 0 fully saturated rings. The minimum absolute atomic E-state index is 0.135. The SMILES string of the molecule is CCCCN(C)C(=O)c1cccn1CC(=O)O. The molecule has 0 atom stereocenters. The molecule has 0 bridgehead atoms. The van der Waals surface area contributed by atoms with Gasteiger partial charge in [-0.25, -0.2) is 0 Å². The lowest BCUT2D eigenvalue weighted by atomic mass is 10.3. The summed E-state index contributed by atoms with van der Waals surface area (Å²) in [4.78, 5) is 24.3. The molecule has 0 radical (unpaired) electrons. The first-order valence-electron chi connectivity index (χ1n) is 5.68. The zero-order valence-corrected chi connectivity index (χ0v) is 10.2. The lowest BCUT2D eigenvalue weighted by molar-refractivity contribution is -0.137. The van der Waals surface area contributed by atoms with E-state index in [9.17, 15) is 9.59 Å². The molecule has 1 aromatic rings. The van der Waals surface area contributed by atoms with Gasteiger partial charge >= 0.3 is 5.97 Å². The van der Waals surface area contributed by atoms with Crippen molar-refractivity contribution in [2.24, 2.45) is 0 Å². The van der Waals surface area contributed by atoms with Gasteiger partial charge < -0.3 is 14.6 Å². The Hall–Kier alpha value is -1.78. The highest BCUT2D eigenvalue weighted by molar-refractivity contribution is 5.93. The number of carbonyl (C=O) groups is 2. The van der Waals surface area contributed by atoms with Gasteiger partial charge in [0.25, 0.3) is 5.91 Å². The summed E-state index contributed by atoms with van der Waals surface area (Å²) in [5.74, 6) is -1.09. The maximum atomic E-state index is 12.0. The van der Waals surface area contributed by atoms with Crippen molar-refractivity contribution < 1.29 is 14.7 Å². The fourth-order valence-corrected chi connectivity index (χ4v) is 1.58. The number of nitrogens with zero attached hydrogens (tertiary/aromatic N) is 2. The molecule has 1 heterocycles. The molecule has 1 amide bonds. The molecule has 0 unspecified atom stereocenters. The fourth-order valence-electron chi connectivity index (χ4n) is 1.58. The molecule has 1 N–H and O–H groups in total. The van der Waals surface area contributed by atoms with Gasteiger partial charge in [0.1, 0.15) is 12.2 Å². The lowest BCUT2D eigenvalue weighted by Crippen LogP contribution is -2.30. The Morgan fingerprint density at radius 2 is 2.18 bits per heavy atom. The third kappa shape index (κ3) is 3.62. The van der Waals surface area contributed by atoms with E-state index in [1.54, 1.807) is 30.3 Å². The molecule has 0 aliphatic rings. The second-order valence-corrected chi connectivity index (χ2v) is 4.00. The molecule has 5 nitrogen and oxygen atoms in total. The first kappa shape index (κ1) is 13.3. The summed E-state index contributed by atoms with van der Waals surface area (Å²) in [6.45, 7) is 2.56. The van der Waals surface area contributed by atoms with Crippen LogP contribution in [0.5, 0.6) is 0 Å². The summed E-state index contributed by atoms with van der Waals surface area (Å²) in [5, 5.41) is 8.73. The highest BCUT2D eigenvalue weighted by atomic mass is 16.4. The normalized spacial score (nSPS) is 10.2. The monoisotopic (exact) mass is 238 g/mol. The van der Waals surface area contributed by atoms with Crippen molar-refractivity contribution in [2.75, 3.05) is 13.6 Å². The van der Waals surface area contributed by atoms with E-state index < -0.39 is 5.97 Å². The lowest BCUT2D eigenvalue weighted by Gasteiger charge is -2.17. The van der Waals surface area contributed by atoms with E-state index in [2.05, 4.69) is 6.92 Å². The average molecular weight is 238 g/mol. The molecule has 5 heteroatoms. The molecule has 0 aliphatic carbocycles. The summed E-state index contributed by atoms with van der Waals surface area (Å²) in [6.07, 6.45) is 3.57. The summed E-state index contributed by atoms with van der Waals surface area (Å²) in [7, 11) is 1.73. The minimum Gasteiger partial charge on any atom is -0.480 e. The van der Waals surface area contributed by atoms with E-state index in [0.29, 0.717) is 12.2 Å². The summed E-state index contributed by atoms with van der Waals surface area (Å²) in [6, 6.07) is 3.33. The third-order valence-corrected chi connectivity index (χ3v) is 2.55. The van der Waals surface area contributed by atoms with Crippen LogP contribution in [0.1, 0.15) is 30.3 Å². The fraction of sp³-hybridized carbons (Fsp3) is 0.500. The van der Waals surface area contributed by atoms with Crippen LogP contribution in [0.4, 0.5) is 0 Å². The van der Waals surface area contributed by atoms with E-state index in [1.165, 1.54) is 4.57 Å². The molecule has 1 rings (SSSR count). The van der Waals surface area contributed by atoms with Gasteiger partial charge in [0, 0.05) is 19.8 Å². The van der Waals surface area contributed by atoms with Gasteiger partial charge in [-0.2, -0.15) is 0 Å². The molecule has 0 saturated carbocycles. The zero-order valence-electron chi connectivity index (χ0n) is 10.2. The molecule has 0 aliphatic heterocycles. The van der Waals surface area contributed by atoms with Gasteiger partial charge in [-0.05, 0) is 18.6 Å². The van der Waals surface area contributed by atoms with Crippen LogP contribution in [-0.2, 0) is 11.3 Å². The number of carbonyl (C=O) groups excluding carboxylic acids is 1. The molecule has 17 heavy (non-hydrogen) atoms. The van der Waals surface area contributed by atoms with E-state index in [4.69, 9.17) is 5.11 Å². The van der Waals surface area contributed by atoms with Crippen molar-refractivity contribution in [1.29, 1.82) is 0 Å². The van der Waals surface area contributed by atoms with Gasteiger partial charge in [0.15, 0.2) is 0 Å². The smallest absolute Gasteiger partial charge is 0.323 e. The first-order valence-corrected chi connectivity index (χ1v) is 5.68. The van der Waals surface area contributed by atoms with E-state index in [1.807, 2.05) is 0 Å². The molecule has 0 saturated heterocycles. The van der Waals surface area contributed by atoms with E-state index >= 15 is 0 Å². The predicted molar refractivity (Wildman–Crippen MR) is 63.9 cm³/mol. The number of hydrogen-bond acceptors (Lipinski definition) is 2. The quantitative estimate of drug-likeness (QED) is 0.815. The highest BCUT2D eigenvalue weighted by Gasteiger charge is 2.16. The predicted octanol–water partition coefficient (Wildman–Crippen LogP) is 1.44. The van der Waals surface area contributed by atoms with Gasteiger partial charge in [-0.3, -0.25) is 9.59 Å². The van der Waals surface area contributed by atoms with Crippen molar-refractivity contribution >= 4 is 11.9 Å². The molecule has 94 valence electrons. The van der Waals surface area contributed by atoms with Crippen molar-refractivity contribution in [2.45, 2.75) is 26.3 Å². The third-order valence-electron chi connectivity index (χ3n) is 2.55. The van der Waals surface area contributed by atoms with Crippen LogP contribution < -0.4 is 0 Å². The van der Waals surface area contributed by atoms with E-state index in [-0.39, 0.29) is 12.5 Å². The molecule has 0 spiro atoms. The van der Waals surface area contributed by atoms with Gasteiger partial charge in [-0.1, -0.05) is 13.3 Å². The number of amides is 1. The largest absolute Gasteiger partial charge is 0.480 e. The van der Waals surface area contributed by atoms with Crippen LogP contribution in [-0.4, -0.2) is 40.0 Å². The Balaban J connectivity index is 2.74. The van der Waals surface area contributed by atoms with Crippen molar-refractivity contribution in [3.63, 3.8) is 0 Å². The number of carboxylic acid groups (broad SMARTS) is 1. The number of unbranched alkanes of at least 4 members (excludes halogenated alkanes) is 1. The number of aromatic nitrogens is 1. The number of aliphatic carboxylic acids is 1. The summed E-state index contributed by atoms with van der Waals surface area (Å²) in [5.41, 5.74) is 0.422. The van der Waals surface area contributed by atoms with Gasteiger partial charge in [0.2, 0.25) is 0 Å². The Morgan fingerprint density at radius 1 is 1.47 bits per heavy atom. The van der Waals surface area contributed by atoms with Crippen molar-refractivity contribution in [3.8, 4) is 0 Å². The molecular weight excluding hydrogens is 220 g/mol.